The average molecular weight is 489 g/mol. The smallest absolute Gasteiger partial charge is 0.460 e. The first-order valence-electron chi connectivity index (χ1n) is 6.08. The fourth-order valence-corrected chi connectivity index (χ4v) is 3.01. The normalized spacial score (nSPS) is 14.1. The molecule has 0 amide bonds. The lowest BCUT2D eigenvalue weighted by Crippen LogP contribution is -2.63. The van der Waals surface area contributed by atoms with Crippen molar-refractivity contribution in [3.8, 4) is 5.75 Å². The van der Waals surface area contributed by atoms with Gasteiger partial charge in [0, 0.05) is 0 Å². The average Bonchev–Trinajstić information content (AvgIpc) is 2.49. The molecule has 0 unspecified atom stereocenters. The highest BCUT2D eigenvalue weighted by Crippen LogP contribution is 2.55. The van der Waals surface area contributed by atoms with E-state index in [1.807, 2.05) is 0 Å². The third kappa shape index (κ3) is 3.66. The number of carboxylic acid groups (broad SMARTS) is 1. The minimum atomic E-state index is -7.54. The molecule has 0 saturated heterocycles. The summed E-state index contributed by atoms with van der Waals surface area (Å²) in [7, 11) is -7.33. The molecule has 0 aliphatic rings. The summed E-state index contributed by atoms with van der Waals surface area (Å²) in [6, 6.07) is 1.08. The van der Waals surface area contributed by atoms with Crippen LogP contribution in [0.15, 0.2) is 12.1 Å². The Kier molecular flexibility index (Phi) is 6.12. The van der Waals surface area contributed by atoms with Gasteiger partial charge in [0.1, 0.15) is 5.02 Å². The van der Waals surface area contributed by atoms with Crippen LogP contribution in [0.3, 0.4) is 0 Å². The number of halogens is 11. The van der Waals surface area contributed by atoms with Crippen molar-refractivity contribution in [1.29, 1.82) is 0 Å². The van der Waals surface area contributed by atoms with Gasteiger partial charge in [0.15, 0.2) is 5.75 Å². The van der Waals surface area contributed by atoms with Gasteiger partial charge in [0.05, 0.1) is 10.6 Å². The van der Waals surface area contributed by atoms with Crippen LogP contribution in [0.2, 0.25) is 10.0 Å². The van der Waals surface area contributed by atoms with Gasteiger partial charge in [-0.15, -0.1) is 0 Å². The van der Waals surface area contributed by atoms with Crippen LogP contribution >= 0.6 is 23.2 Å². The summed E-state index contributed by atoms with van der Waals surface area (Å²) in [5.74, 6) is -18.7. The summed E-state index contributed by atoms with van der Waals surface area (Å²) in [5.41, 5.74) is -1.05. The Morgan fingerprint density at radius 3 is 1.79 bits per heavy atom. The third-order valence-corrected chi connectivity index (χ3v) is 4.85. The van der Waals surface area contributed by atoms with Crippen LogP contribution in [0, 0.1) is 0 Å². The van der Waals surface area contributed by atoms with Crippen LogP contribution in [0.5, 0.6) is 5.75 Å². The molecule has 0 aromatic heterocycles. The second kappa shape index (κ2) is 7.02. The van der Waals surface area contributed by atoms with Crippen LogP contribution in [-0.4, -0.2) is 42.8 Å². The van der Waals surface area contributed by atoms with E-state index in [0.717, 1.165) is 0 Å². The number of carboxylic acids is 1. The van der Waals surface area contributed by atoms with Crippen molar-refractivity contribution >= 4 is 39.3 Å². The first-order chi connectivity index (χ1) is 12.2. The molecule has 0 fully saturated rings. The Hall–Kier alpha value is -1.61. The number of carbonyl (C=O) groups is 1. The maximum atomic E-state index is 13.6. The molecule has 1 N–H and O–H groups in total. The van der Waals surface area contributed by atoms with Crippen LogP contribution < -0.4 is 4.18 Å². The quantitative estimate of drug-likeness (QED) is 0.458. The van der Waals surface area contributed by atoms with Crippen LogP contribution in [-0.2, 0) is 10.1 Å². The molecule has 0 aliphatic carbocycles. The van der Waals surface area contributed by atoms with Crippen molar-refractivity contribution in [3.05, 3.63) is 27.7 Å². The third-order valence-electron chi connectivity index (χ3n) is 2.90. The van der Waals surface area contributed by atoms with E-state index in [-0.39, 0.29) is 0 Å². The van der Waals surface area contributed by atoms with E-state index in [4.69, 9.17) is 28.3 Å². The van der Waals surface area contributed by atoms with Gasteiger partial charge < -0.3 is 9.29 Å². The van der Waals surface area contributed by atoms with Gasteiger partial charge in [-0.2, -0.15) is 47.9 Å². The van der Waals surface area contributed by atoms with E-state index in [9.17, 15) is 52.7 Å². The van der Waals surface area contributed by atoms with Gasteiger partial charge in [0.2, 0.25) is 0 Å². The number of hydrogen-bond donors (Lipinski definition) is 1. The first-order valence-corrected chi connectivity index (χ1v) is 8.24. The van der Waals surface area contributed by atoms with Gasteiger partial charge in [-0.25, -0.2) is 4.79 Å². The SMILES string of the molecule is O=C(O)c1ccc(Cl)c(OS(=O)(=O)C(F)(F)C(F)(F)C(F)(F)C(F)(F)F)c1Cl. The minimum Gasteiger partial charge on any atom is -0.478 e. The molecule has 0 saturated carbocycles. The van der Waals surface area contributed by atoms with Gasteiger partial charge in [-0.1, -0.05) is 23.2 Å². The molecule has 1 aromatic carbocycles. The van der Waals surface area contributed by atoms with Gasteiger partial charge >= 0.3 is 39.4 Å². The Balaban J connectivity index is 3.57. The van der Waals surface area contributed by atoms with E-state index >= 15 is 0 Å². The van der Waals surface area contributed by atoms with E-state index in [2.05, 4.69) is 4.18 Å². The highest BCUT2D eigenvalue weighted by Gasteiger charge is 2.86. The van der Waals surface area contributed by atoms with Crippen LogP contribution in [0.1, 0.15) is 10.4 Å². The monoisotopic (exact) mass is 488 g/mol. The molecule has 1 aromatic rings. The Bertz CT molecular complexity index is 898. The zero-order chi connectivity index (χ0) is 22.5. The fourth-order valence-electron chi connectivity index (χ4n) is 1.45. The molecule has 17 heteroatoms. The van der Waals surface area contributed by atoms with Crippen molar-refractivity contribution in [2.24, 2.45) is 0 Å². The lowest BCUT2D eigenvalue weighted by atomic mass is 10.1. The lowest BCUT2D eigenvalue weighted by molar-refractivity contribution is -0.382. The molecular formula is C11H3Cl2F9O5S. The van der Waals surface area contributed by atoms with Crippen molar-refractivity contribution in [2.45, 2.75) is 23.3 Å². The number of hydrogen-bond acceptors (Lipinski definition) is 4. The number of aromatic carboxylic acids is 1. The molecular weight excluding hydrogens is 486 g/mol. The summed E-state index contributed by atoms with van der Waals surface area (Å²) in [6.07, 6.45) is -7.27. The molecule has 28 heavy (non-hydrogen) atoms. The summed E-state index contributed by atoms with van der Waals surface area (Å²) < 4.78 is 142. The van der Waals surface area contributed by atoms with Gasteiger partial charge in [-0.05, 0) is 12.1 Å². The Morgan fingerprint density at radius 2 is 1.39 bits per heavy atom. The number of rotatable bonds is 6. The van der Waals surface area contributed by atoms with Crippen molar-refractivity contribution in [3.63, 3.8) is 0 Å². The Morgan fingerprint density at radius 1 is 0.929 bits per heavy atom. The van der Waals surface area contributed by atoms with Crippen LogP contribution in [0.4, 0.5) is 39.5 Å². The largest absolute Gasteiger partial charge is 0.478 e. The topological polar surface area (TPSA) is 80.7 Å². The standard InChI is InChI=1S/C11H3Cl2F9O5S/c12-4-2-1-3(7(23)24)5(13)6(4)27-28(25,26)11(21,22)9(16,17)8(14,15)10(18,19)20/h1-2H,(H,23,24). The molecule has 1 rings (SSSR count). The summed E-state index contributed by atoms with van der Waals surface area (Å²) in [6.45, 7) is 0. The molecule has 0 heterocycles. The molecule has 0 aliphatic heterocycles. The molecule has 0 radical (unpaired) electrons. The van der Waals surface area contributed by atoms with E-state index < -0.39 is 60.7 Å². The van der Waals surface area contributed by atoms with Crippen molar-refractivity contribution in [1.82, 2.24) is 0 Å². The molecule has 0 bridgehead atoms. The lowest BCUT2D eigenvalue weighted by Gasteiger charge is -2.32. The van der Waals surface area contributed by atoms with Gasteiger partial charge in [-0.3, -0.25) is 0 Å². The number of alkyl halides is 9. The summed E-state index contributed by atoms with van der Waals surface area (Å²) in [5, 5.41) is -0.834. The molecule has 5 nitrogen and oxygen atoms in total. The Labute approximate surface area is 158 Å². The fraction of sp³-hybridized carbons (Fsp3) is 0.364. The zero-order valence-electron chi connectivity index (χ0n) is 12.3. The predicted molar refractivity (Wildman–Crippen MR) is 73.9 cm³/mol. The predicted octanol–water partition coefficient (Wildman–Crippen LogP) is 4.83. The van der Waals surface area contributed by atoms with Gasteiger partial charge in [0.25, 0.3) is 0 Å². The van der Waals surface area contributed by atoms with Crippen LogP contribution in [0.25, 0.3) is 0 Å². The maximum Gasteiger partial charge on any atom is 0.460 e. The number of benzene rings is 1. The van der Waals surface area contributed by atoms with E-state index in [1.165, 1.54) is 0 Å². The molecule has 0 atom stereocenters. The highest BCUT2D eigenvalue weighted by molar-refractivity contribution is 7.88. The highest BCUT2D eigenvalue weighted by atomic mass is 35.5. The summed E-state index contributed by atoms with van der Waals surface area (Å²) >= 11 is 10.6. The molecule has 160 valence electrons. The minimum absolute atomic E-state index is 0.488. The van der Waals surface area contributed by atoms with Crippen molar-refractivity contribution < 1.29 is 62.0 Å². The maximum absolute atomic E-state index is 13.6. The second-order valence-corrected chi connectivity index (χ2v) is 7.12. The zero-order valence-corrected chi connectivity index (χ0v) is 14.6. The summed E-state index contributed by atoms with van der Waals surface area (Å²) in [4.78, 5) is 10.8. The van der Waals surface area contributed by atoms with Crippen molar-refractivity contribution in [2.75, 3.05) is 0 Å². The van der Waals surface area contributed by atoms with E-state index in [0.29, 0.717) is 12.1 Å². The van der Waals surface area contributed by atoms with E-state index in [1.54, 1.807) is 0 Å². The second-order valence-electron chi connectivity index (χ2n) is 4.74. The first kappa shape index (κ1) is 24.4. The molecule has 0 spiro atoms.